The second kappa shape index (κ2) is 6.81. The molecule has 5 nitrogen and oxygen atoms in total. The first kappa shape index (κ1) is 16.6. The van der Waals surface area contributed by atoms with Crippen LogP contribution < -0.4 is 0 Å². The molecular formula is C20H28N4O. The molecule has 0 spiro atoms. The van der Waals surface area contributed by atoms with E-state index in [4.69, 9.17) is 0 Å². The fourth-order valence-corrected chi connectivity index (χ4v) is 4.14. The number of likely N-dealkylation sites (N-methyl/N-ethyl adjacent to an activating group) is 1. The molecule has 134 valence electrons. The maximum Gasteiger partial charge on any atom is 0.224 e. The Morgan fingerprint density at radius 1 is 1.08 bits per heavy atom. The van der Waals surface area contributed by atoms with Gasteiger partial charge in [0.2, 0.25) is 5.91 Å². The Bertz CT molecular complexity index is 760. The lowest BCUT2D eigenvalue weighted by atomic mass is 10.1. The zero-order valence-corrected chi connectivity index (χ0v) is 15.3. The zero-order valence-electron chi connectivity index (χ0n) is 15.3. The molecule has 1 aromatic heterocycles. The van der Waals surface area contributed by atoms with Crippen molar-refractivity contribution < 1.29 is 4.79 Å². The summed E-state index contributed by atoms with van der Waals surface area (Å²) in [5.74, 6) is 0.294. The molecule has 1 saturated heterocycles. The maximum atomic E-state index is 12.8. The average Bonchev–Trinajstić information content (AvgIpc) is 3.00. The van der Waals surface area contributed by atoms with E-state index in [2.05, 4.69) is 58.7 Å². The van der Waals surface area contributed by atoms with Gasteiger partial charge in [-0.05, 0) is 31.5 Å². The molecule has 1 amide bonds. The van der Waals surface area contributed by atoms with Crippen LogP contribution >= 0.6 is 0 Å². The number of rotatable bonds is 3. The zero-order chi connectivity index (χ0) is 17.4. The Morgan fingerprint density at radius 2 is 1.84 bits per heavy atom. The number of hydrogen-bond acceptors (Lipinski definition) is 3. The van der Waals surface area contributed by atoms with Gasteiger partial charge in [-0.1, -0.05) is 18.2 Å². The molecule has 2 aliphatic heterocycles. The number of hydrogen-bond donors (Lipinski definition) is 0. The third kappa shape index (κ3) is 3.31. The van der Waals surface area contributed by atoms with E-state index in [9.17, 15) is 4.79 Å². The summed E-state index contributed by atoms with van der Waals surface area (Å²) in [5.41, 5.74) is 2.54. The molecule has 0 unspecified atom stereocenters. The van der Waals surface area contributed by atoms with E-state index in [-0.39, 0.29) is 0 Å². The van der Waals surface area contributed by atoms with Crippen molar-refractivity contribution in [2.24, 2.45) is 0 Å². The van der Waals surface area contributed by atoms with Crippen LogP contribution in [0.15, 0.2) is 30.3 Å². The van der Waals surface area contributed by atoms with E-state index >= 15 is 0 Å². The summed E-state index contributed by atoms with van der Waals surface area (Å²) in [6.07, 6.45) is 0.629. The van der Waals surface area contributed by atoms with Gasteiger partial charge in [0, 0.05) is 62.9 Å². The molecule has 0 radical (unpaired) electrons. The second-order valence-corrected chi connectivity index (χ2v) is 7.55. The summed E-state index contributed by atoms with van der Waals surface area (Å²) in [6.45, 7) is 8.99. The lowest BCUT2D eigenvalue weighted by Crippen LogP contribution is -2.49. The van der Waals surface area contributed by atoms with Crippen LogP contribution in [0.2, 0.25) is 0 Å². The molecule has 0 bridgehead atoms. The minimum Gasteiger partial charge on any atom is -0.341 e. The van der Waals surface area contributed by atoms with Crippen molar-refractivity contribution >= 4 is 16.8 Å². The van der Waals surface area contributed by atoms with Gasteiger partial charge in [-0.25, -0.2) is 0 Å². The third-order valence-electron chi connectivity index (χ3n) is 5.83. The van der Waals surface area contributed by atoms with E-state index in [1.165, 1.54) is 16.6 Å². The lowest BCUT2D eigenvalue weighted by molar-refractivity contribution is -0.134. The van der Waals surface area contributed by atoms with Crippen molar-refractivity contribution in [3.63, 3.8) is 0 Å². The Kier molecular flexibility index (Phi) is 4.52. The number of para-hydroxylation sites is 1. The van der Waals surface area contributed by atoms with Crippen LogP contribution in [0.4, 0.5) is 0 Å². The van der Waals surface area contributed by atoms with Gasteiger partial charge in [0.1, 0.15) is 0 Å². The van der Waals surface area contributed by atoms with Gasteiger partial charge in [0.25, 0.3) is 0 Å². The molecule has 1 atom stereocenters. The smallest absolute Gasteiger partial charge is 0.224 e. The van der Waals surface area contributed by atoms with Crippen LogP contribution in [0.25, 0.3) is 10.9 Å². The summed E-state index contributed by atoms with van der Waals surface area (Å²) in [6, 6.07) is 11.1. The van der Waals surface area contributed by atoms with Gasteiger partial charge in [0.15, 0.2) is 0 Å². The number of nitrogens with zero attached hydrogens (tertiary/aromatic N) is 4. The van der Waals surface area contributed by atoms with E-state index in [0.29, 0.717) is 18.4 Å². The fourth-order valence-electron chi connectivity index (χ4n) is 4.14. The average molecular weight is 340 g/mol. The first-order valence-electron chi connectivity index (χ1n) is 9.39. The lowest BCUT2D eigenvalue weighted by Gasteiger charge is -2.37. The number of carbonyl (C=O) groups is 1. The highest BCUT2D eigenvalue weighted by Crippen LogP contribution is 2.24. The van der Waals surface area contributed by atoms with Gasteiger partial charge in [-0.3, -0.25) is 9.69 Å². The van der Waals surface area contributed by atoms with Crippen LogP contribution in [-0.2, 0) is 17.9 Å². The van der Waals surface area contributed by atoms with Gasteiger partial charge in [-0.2, -0.15) is 0 Å². The summed E-state index contributed by atoms with van der Waals surface area (Å²) in [4.78, 5) is 19.7. The molecule has 1 aromatic carbocycles. The molecule has 4 rings (SSSR count). The largest absolute Gasteiger partial charge is 0.341 e. The minimum absolute atomic E-state index is 0.294. The number of aromatic nitrogens is 1. The predicted octanol–water partition coefficient (Wildman–Crippen LogP) is 2.01. The predicted molar refractivity (Wildman–Crippen MR) is 101 cm³/mol. The monoisotopic (exact) mass is 340 g/mol. The number of amides is 1. The molecule has 3 heterocycles. The third-order valence-corrected chi connectivity index (χ3v) is 5.83. The van der Waals surface area contributed by atoms with Crippen molar-refractivity contribution in [3.05, 3.63) is 36.0 Å². The molecule has 0 aliphatic carbocycles. The normalized spacial score (nSPS) is 20.6. The quantitative estimate of drug-likeness (QED) is 0.857. The van der Waals surface area contributed by atoms with Crippen LogP contribution in [0.5, 0.6) is 0 Å². The maximum absolute atomic E-state index is 12.8. The Balaban J connectivity index is 1.40. The summed E-state index contributed by atoms with van der Waals surface area (Å²) >= 11 is 0. The molecule has 2 aliphatic rings. The molecule has 0 N–H and O–H groups in total. The van der Waals surface area contributed by atoms with Gasteiger partial charge in [-0.15, -0.1) is 0 Å². The molecule has 1 fully saturated rings. The molecule has 5 heteroatoms. The summed E-state index contributed by atoms with van der Waals surface area (Å²) < 4.78 is 2.36. The van der Waals surface area contributed by atoms with Crippen LogP contribution in [0, 0.1) is 0 Å². The SMILES string of the molecule is C[C@H](CC(=O)N1CCn2c(cc3ccccc32)C1)N1CCN(C)CC1. The van der Waals surface area contributed by atoms with Crippen molar-refractivity contribution in [1.29, 1.82) is 0 Å². The van der Waals surface area contributed by atoms with Crippen LogP contribution in [0.3, 0.4) is 0 Å². The first-order valence-corrected chi connectivity index (χ1v) is 9.39. The van der Waals surface area contributed by atoms with E-state index < -0.39 is 0 Å². The number of benzene rings is 1. The van der Waals surface area contributed by atoms with Crippen LogP contribution in [0.1, 0.15) is 19.0 Å². The molecule has 0 saturated carbocycles. The van der Waals surface area contributed by atoms with Crippen molar-refractivity contribution in [1.82, 2.24) is 19.3 Å². The van der Waals surface area contributed by atoms with Crippen LogP contribution in [-0.4, -0.2) is 71.0 Å². The minimum atomic E-state index is 0.294. The first-order chi connectivity index (χ1) is 12.1. The second-order valence-electron chi connectivity index (χ2n) is 7.55. The summed E-state index contributed by atoms with van der Waals surface area (Å²) in [7, 11) is 2.17. The Hall–Kier alpha value is -1.85. The van der Waals surface area contributed by atoms with Gasteiger partial charge < -0.3 is 14.4 Å². The molecule has 2 aromatic rings. The standard InChI is InChI=1S/C20H28N4O/c1-16(22-9-7-21(2)8-10-22)13-20(25)23-11-12-24-18(15-23)14-17-5-3-4-6-19(17)24/h3-6,14,16H,7-13,15H2,1-2H3/t16-/m1/s1. The molecular weight excluding hydrogens is 312 g/mol. The fraction of sp³-hybridized carbons (Fsp3) is 0.550. The highest BCUT2D eigenvalue weighted by atomic mass is 16.2. The van der Waals surface area contributed by atoms with Crippen molar-refractivity contribution in [2.75, 3.05) is 39.8 Å². The van der Waals surface area contributed by atoms with E-state index in [1.54, 1.807) is 0 Å². The van der Waals surface area contributed by atoms with Crippen molar-refractivity contribution in [3.8, 4) is 0 Å². The van der Waals surface area contributed by atoms with Crippen molar-refractivity contribution in [2.45, 2.75) is 32.5 Å². The van der Waals surface area contributed by atoms with E-state index in [1.807, 2.05) is 4.90 Å². The number of piperazine rings is 1. The Labute approximate surface area is 149 Å². The number of fused-ring (bicyclic) bond motifs is 3. The van der Waals surface area contributed by atoms with Gasteiger partial charge >= 0.3 is 0 Å². The highest BCUT2D eigenvalue weighted by Gasteiger charge is 2.26. The molecule has 25 heavy (non-hydrogen) atoms. The Morgan fingerprint density at radius 3 is 2.64 bits per heavy atom. The number of carbonyl (C=O) groups excluding carboxylic acids is 1. The topological polar surface area (TPSA) is 31.7 Å². The van der Waals surface area contributed by atoms with Gasteiger partial charge in [0.05, 0.1) is 6.54 Å². The highest BCUT2D eigenvalue weighted by molar-refractivity contribution is 5.82. The summed E-state index contributed by atoms with van der Waals surface area (Å²) in [5, 5.41) is 1.28. The van der Waals surface area contributed by atoms with E-state index in [0.717, 1.165) is 45.8 Å².